The molecule has 4 aromatic heterocycles. The van der Waals surface area contributed by atoms with Crippen molar-refractivity contribution in [3.63, 3.8) is 0 Å². The summed E-state index contributed by atoms with van der Waals surface area (Å²) in [5.74, 6) is -0.493. The standard InChI is InChI=1S/C29H21F2N7O/c30-18-6-4-15(5-7-18)21-10-11-33-27-25(21)35-28(36-27)26-23-22(37-38-26)9-8-20(24(23)31)17-12-19(14-32-13-17)34-29(39)16-2-1-3-16/h4-14,16H,1-3H2,(H,34,39)(H,37,38)(H,33,35,36). The van der Waals surface area contributed by atoms with Gasteiger partial charge in [0.1, 0.15) is 22.8 Å². The van der Waals surface area contributed by atoms with Crippen LogP contribution in [0.1, 0.15) is 19.3 Å². The summed E-state index contributed by atoms with van der Waals surface area (Å²) in [7, 11) is 0. The highest BCUT2D eigenvalue weighted by molar-refractivity contribution is 5.98. The lowest BCUT2D eigenvalue weighted by molar-refractivity contribution is -0.122. The molecule has 1 saturated carbocycles. The number of pyridine rings is 2. The van der Waals surface area contributed by atoms with Crippen molar-refractivity contribution in [3.8, 4) is 33.8 Å². The van der Waals surface area contributed by atoms with Crippen LogP contribution < -0.4 is 5.32 Å². The number of aromatic nitrogens is 6. The lowest BCUT2D eigenvalue weighted by Gasteiger charge is -2.24. The van der Waals surface area contributed by atoms with Gasteiger partial charge >= 0.3 is 0 Å². The molecule has 1 aliphatic carbocycles. The van der Waals surface area contributed by atoms with Crippen molar-refractivity contribution >= 4 is 33.7 Å². The normalized spacial score (nSPS) is 13.6. The topological polar surface area (TPSA) is 112 Å². The van der Waals surface area contributed by atoms with Crippen molar-refractivity contribution in [2.45, 2.75) is 19.3 Å². The number of carbonyl (C=O) groups is 1. The molecule has 0 saturated heterocycles. The van der Waals surface area contributed by atoms with E-state index in [0.29, 0.717) is 45.0 Å². The molecule has 39 heavy (non-hydrogen) atoms. The SMILES string of the molecule is O=C(Nc1cncc(-c2ccc3[nH]nc(-c4nc5c(-c6ccc(F)cc6)ccnc5[nH]4)c3c2F)c1)C1CCC1. The molecule has 0 spiro atoms. The van der Waals surface area contributed by atoms with Gasteiger partial charge in [0.15, 0.2) is 11.5 Å². The third-order valence-corrected chi connectivity index (χ3v) is 7.22. The number of carbonyl (C=O) groups excluding carboxylic acids is 1. The highest BCUT2D eigenvalue weighted by Gasteiger charge is 2.25. The van der Waals surface area contributed by atoms with Crippen molar-refractivity contribution in [2.24, 2.45) is 5.92 Å². The van der Waals surface area contributed by atoms with E-state index in [2.05, 4.69) is 30.5 Å². The summed E-state index contributed by atoms with van der Waals surface area (Å²) < 4.78 is 29.6. The largest absolute Gasteiger partial charge is 0.324 e. The highest BCUT2D eigenvalue weighted by Crippen LogP contribution is 2.36. The van der Waals surface area contributed by atoms with E-state index in [1.807, 2.05) is 0 Å². The molecule has 8 nitrogen and oxygen atoms in total. The number of amides is 1. The summed E-state index contributed by atoms with van der Waals surface area (Å²) >= 11 is 0. The van der Waals surface area contributed by atoms with Crippen molar-refractivity contribution in [2.75, 3.05) is 5.32 Å². The minimum atomic E-state index is -0.493. The second-order valence-electron chi connectivity index (χ2n) is 9.65. The number of H-pyrrole nitrogens is 2. The molecule has 2 aromatic carbocycles. The van der Waals surface area contributed by atoms with Crippen LogP contribution in [0.15, 0.2) is 67.1 Å². The lowest BCUT2D eigenvalue weighted by Crippen LogP contribution is -2.28. The fourth-order valence-corrected chi connectivity index (χ4v) is 4.92. The van der Waals surface area contributed by atoms with Crippen LogP contribution in [0.4, 0.5) is 14.5 Å². The van der Waals surface area contributed by atoms with Gasteiger partial charge in [-0.2, -0.15) is 5.10 Å². The maximum absolute atomic E-state index is 16.1. The fraction of sp³-hybridized carbons (Fsp3) is 0.138. The maximum Gasteiger partial charge on any atom is 0.227 e. The van der Waals surface area contributed by atoms with Crippen LogP contribution in [0.5, 0.6) is 0 Å². The molecule has 3 N–H and O–H groups in total. The van der Waals surface area contributed by atoms with Gasteiger partial charge in [0.2, 0.25) is 5.91 Å². The Morgan fingerprint density at radius 2 is 1.82 bits per heavy atom. The Bertz CT molecular complexity index is 1870. The molecule has 0 unspecified atom stereocenters. The summed E-state index contributed by atoms with van der Waals surface area (Å²) in [5, 5.41) is 10.4. The van der Waals surface area contributed by atoms with Gasteiger partial charge < -0.3 is 10.3 Å². The van der Waals surface area contributed by atoms with Gasteiger partial charge in [0.05, 0.1) is 22.8 Å². The summed E-state index contributed by atoms with van der Waals surface area (Å²) in [6, 6.07) is 13.0. The predicted octanol–water partition coefficient (Wildman–Crippen LogP) is 6.25. The second kappa shape index (κ2) is 9.09. The van der Waals surface area contributed by atoms with Crippen LogP contribution in [-0.4, -0.2) is 36.0 Å². The monoisotopic (exact) mass is 521 g/mol. The Morgan fingerprint density at radius 1 is 0.974 bits per heavy atom. The molecule has 1 aliphatic rings. The molecule has 0 aliphatic heterocycles. The Hall–Kier alpha value is -4.99. The second-order valence-corrected chi connectivity index (χ2v) is 9.65. The number of hydrogen-bond acceptors (Lipinski definition) is 5. The van der Waals surface area contributed by atoms with E-state index in [0.717, 1.165) is 30.4 Å². The van der Waals surface area contributed by atoms with Gasteiger partial charge in [-0.15, -0.1) is 0 Å². The Balaban J connectivity index is 1.29. The van der Waals surface area contributed by atoms with Crippen molar-refractivity contribution in [3.05, 3.63) is 78.8 Å². The van der Waals surface area contributed by atoms with Crippen molar-refractivity contribution < 1.29 is 13.6 Å². The molecule has 6 aromatic rings. The summed E-state index contributed by atoms with van der Waals surface area (Å²) in [6.07, 6.45) is 7.58. The van der Waals surface area contributed by atoms with Gasteiger partial charge in [0, 0.05) is 35.0 Å². The van der Waals surface area contributed by atoms with E-state index < -0.39 is 5.82 Å². The zero-order valence-corrected chi connectivity index (χ0v) is 20.5. The number of nitrogens with zero attached hydrogens (tertiary/aromatic N) is 4. The van der Waals surface area contributed by atoms with E-state index in [-0.39, 0.29) is 23.0 Å². The minimum absolute atomic E-state index is 0.0251. The first-order valence-electron chi connectivity index (χ1n) is 12.6. The smallest absolute Gasteiger partial charge is 0.227 e. The number of aromatic amines is 2. The number of benzene rings is 2. The van der Waals surface area contributed by atoms with Crippen LogP contribution in [0.25, 0.3) is 55.8 Å². The van der Waals surface area contributed by atoms with Crippen LogP contribution in [0, 0.1) is 17.6 Å². The van der Waals surface area contributed by atoms with Crippen LogP contribution in [-0.2, 0) is 4.79 Å². The summed E-state index contributed by atoms with van der Waals surface area (Å²) in [6.45, 7) is 0. The first-order valence-corrected chi connectivity index (χ1v) is 12.6. The third kappa shape index (κ3) is 4.01. The lowest BCUT2D eigenvalue weighted by atomic mass is 9.85. The molecule has 1 amide bonds. The Kier molecular flexibility index (Phi) is 5.39. The number of nitrogens with one attached hydrogen (secondary N) is 3. The number of anilines is 1. The van der Waals surface area contributed by atoms with E-state index in [1.165, 1.54) is 12.1 Å². The average molecular weight is 522 g/mol. The van der Waals surface area contributed by atoms with Gasteiger partial charge in [0.25, 0.3) is 0 Å². The van der Waals surface area contributed by atoms with E-state index in [1.54, 1.807) is 55.0 Å². The highest BCUT2D eigenvalue weighted by atomic mass is 19.1. The Morgan fingerprint density at radius 3 is 2.62 bits per heavy atom. The first kappa shape index (κ1) is 23.2. The molecule has 0 radical (unpaired) electrons. The van der Waals surface area contributed by atoms with Gasteiger partial charge in [-0.1, -0.05) is 18.6 Å². The van der Waals surface area contributed by atoms with Crippen LogP contribution in [0.2, 0.25) is 0 Å². The van der Waals surface area contributed by atoms with E-state index in [9.17, 15) is 9.18 Å². The summed E-state index contributed by atoms with van der Waals surface area (Å²) in [4.78, 5) is 28.8. The molecule has 7 rings (SSSR count). The van der Waals surface area contributed by atoms with Crippen molar-refractivity contribution in [1.29, 1.82) is 0 Å². The average Bonchev–Trinajstić information content (AvgIpc) is 3.53. The molecular formula is C29H21F2N7O. The number of halogens is 2. The zero-order valence-electron chi connectivity index (χ0n) is 20.5. The predicted molar refractivity (Wildman–Crippen MR) is 144 cm³/mol. The first-order chi connectivity index (χ1) is 19.0. The zero-order chi connectivity index (χ0) is 26.5. The number of imidazole rings is 1. The molecule has 192 valence electrons. The number of rotatable bonds is 5. The van der Waals surface area contributed by atoms with Crippen LogP contribution in [0.3, 0.4) is 0 Å². The maximum atomic E-state index is 16.1. The third-order valence-electron chi connectivity index (χ3n) is 7.22. The van der Waals surface area contributed by atoms with Crippen molar-refractivity contribution in [1.82, 2.24) is 30.1 Å². The molecule has 4 heterocycles. The van der Waals surface area contributed by atoms with Gasteiger partial charge in [-0.05, 0) is 54.8 Å². The fourth-order valence-electron chi connectivity index (χ4n) is 4.92. The molecule has 10 heteroatoms. The summed E-state index contributed by atoms with van der Waals surface area (Å²) in [5.41, 5.74) is 4.76. The van der Waals surface area contributed by atoms with Gasteiger partial charge in [-0.3, -0.25) is 14.9 Å². The number of hydrogen-bond donors (Lipinski definition) is 3. The molecule has 0 atom stereocenters. The Labute approximate surface area is 220 Å². The van der Waals surface area contributed by atoms with Gasteiger partial charge in [-0.25, -0.2) is 18.7 Å². The van der Waals surface area contributed by atoms with E-state index >= 15 is 4.39 Å². The number of fused-ring (bicyclic) bond motifs is 2. The molecular weight excluding hydrogens is 500 g/mol. The molecule has 0 bridgehead atoms. The quantitative estimate of drug-likeness (QED) is 0.248. The molecule has 1 fully saturated rings. The van der Waals surface area contributed by atoms with E-state index in [4.69, 9.17) is 4.98 Å². The van der Waals surface area contributed by atoms with Crippen LogP contribution >= 0.6 is 0 Å². The minimum Gasteiger partial charge on any atom is -0.324 e.